The Balaban J connectivity index is 1.76. The largest absolute Gasteiger partial charge is 0.356 e. The van der Waals surface area contributed by atoms with Gasteiger partial charge in [0.05, 0.1) is 0 Å². The van der Waals surface area contributed by atoms with Crippen LogP contribution in [0.15, 0.2) is 28.7 Å². The van der Waals surface area contributed by atoms with Gasteiger partial charge in [0, 0.05) is 16.9 Å². The van der Waals surface area contributed by atoms with Crippen molar-refractivity contribution < 1.29 is 4.79 Å². The summed E-state index contributed by atoms with van der Waals surface area (Å²) in [7, 11) is 0. The van der Waals surface area contributed by atoms with Gasteiger partial charge in [0.15, 0.2) is 0 Å². The van der Waals surface area contributed by atoms with Crippen molar-refractivity contribution in [2.45, 2.75) is 19.8 Å². The summed E-state index contributed by atoms with van der Waals surface area (Å²) < 4.78 is 1.11. The molecule has 1 N–H and O–H groups in total. The quantitative estimate of drug-likeness (QED) is 0.904. The summed E-state index contributed by atoms with van der Waals surface area (Å²) in [5, 5.41) is 2.99. The zero-order valence-electron chi connectivity index (χ0n) is 9.37. The van der Waals surface area contributed by atoms with Gasteiger partial charge in [0.2, 0.25) is 5.91 Å². The topological polar surface area (TPSA) is 29.1 Å². The highest BCUT2D eigenvalue weighted by Gasteiger charge is 2.38. The molecule has 0 saturated heterocycles. The molecule has 2 atom stereocenters. The molecule has 86 valence electrons. The Kier molecular flexibility index (Phi) is 3.64. The van der Waals surface area contributed by atoms with E-state index in [9.17, 15) is 4.79 Å². The SMILES string of the molecule is CC1CC1C(=O)NCCc1ccccc1Br. The van der Waals surface area contributed by atoms with Crippen LogP contribution in [-0.2, 0) is 11.2 Å². The molecule has 2 unspecified atom stereocenters. The van der Waals surface area contributed by atoms with E-state index in [1.807, 2.05) is 18.2 Å². The average molecular weight is 282 g/mol. The molecule has 0 aliphatic heterocycles. The van der Waals surface area contributed by atoms with Crippen LogP contribution >= 0.6 is 15.9 Å². The fourth-order valence-corrected chi connectivity index (χ4v) is 2.32. The second-order valence-corrected chi connectivity index (χ2v) is 5.31. The molecule has 0 aromatic heterocycles. The summed E-state index contributed by atoms with van der Waals surface area (Å²) in [6, 6.07) is 8.12. The maximum Gasteiger partial charge on any atom is 0.223 e. The summed E-state index contributed by atoms with van der Waals surface area (Å²) >= 11 is 3.50. The van der Waals surface area contributed by atoms with Gasteiger partial charge >= 0.3 is 0 Å². The number of carbonyl (C=O) groups is 1. The van der Waals surface area contributed by atoms with E-state index in [-0.39, 0.29) is 11.8 Å². The van der Waals surface area contributed by atoms with Crippen LogP contribution in [-0.4, -0.2) is 12.5 Å². The van der Waals surface area contributed by atoms with Gasteiger partial charge in [-0.2, -0.15) is 0 Å². The highest BCUT2D eigenvalue weighted by atomic mass is 79.9. The fourth-order valence-electron chi connectivity index (χ4n) is 1.84. The summed E-state index contributed by atoms with van der Waals surface area (Å²) in [6.45, 7) is 2.85. The Labute approximate surface area is 105 Å². The second-order valence-electron chi connectivity index (χ2n) is 4.45. The molecule has 1 aromatic rings. The van der Waals surface area contributed by atoms with E-state index in [0.29, 0.717) is 5.92 Å². The van der Waals surface area contributed by atoms with E-state index in [0.717, 1.165) is 23.9 Å². The lowest BCUT2D eigenvalue weighted by Gasteiger charge is -2.06. The zero-order valence-corrected chi connectivity index (χ0v) is 11.0. The van der Waals surface area contributed by atoms with Crippen LogP contribution in [0.4, 0.5) is 0 Å². The van der Waals surface area contributed by atoms with Crippen molar-refractivity contribution in [3.63, 3.8) is 0 Å². The Morgan fingerprint density at radius 3 is 2.81 bits per heavy atom. The molecule has 1 aromatic carbocycles. The van der Waals surface area contributed by atoms with Crippen LogP contribution in [0.1, 0.15) is 18.9 Å². The summed E-state index contributed by atoms with van der Waals surface area (Å²) in [4.78, 5) is 11.6. The number of rotatable bonds is 4. The first-order valence-corrected chi connectivity index (χ1v) is 6.49. The summed E-state index contributed by atoms with van der Waals surface area (Å²) in [6.07, 6.45) is 1.94. The van der Waals surface area contributed by atoms with Crippen molar-refractivity contribution in [2.24, 2.45) is 11.8 Å². The van der Waals surface area contributed by atoms with Crippen LogP contribution < -0.4 is 5.32 Å². The molecule has 1 aliphatic carbocycles. The smallest absolute Gasteiger partial charge is 0.223 e. The predicted molar refractivity (Wildman–Crippen MR) is 68.1 cm³/mol. The van der Waals surface area contributed by atoms with E-state index in [1.54, 1.807) is 0 Å². The number of benzene rings is 1. The first-order valence-electron chi connectivity index (χ1n) is 5.69. The van der Waals surface area contributed by atoms with E-state index in [2.05, 4.69) is 34.2 Å². The molecule has 2 nitrogen and oxygen atoms in total. The Bertz CT molecular complexity index is 391. The minimum atomic E-state index is 0.222. The van der Waals surface area contributed by atoms with Crippen molar-refractivity contribution in [2.75, 3.05) is 6.54 Å². The monoisotopic (exact) mass is 281 g/mol. The van der Waals surface area contributed by atoms with Crippen molar-refractivity contribution >= 4 is 21.8 Å². The molecule has 2 rings (SSSR count). The van der Waals surface area contributed by atoms with Gasteiger partial charge in [0.25, 0.3) is 0 Å². The lowest BCUT2D eigenvalue weighted by molar-refractivity contribution is -0.122. The van der Waals surface area contributed by atoms with Crippen molar-refractivity contribution in [1.29, 1.82) is 0 Å². The molecule has 1 fully saturated rings. The third kappa shape index (κ3) is 2.85. The molecule has 1 saturated carbocycles. The average Bonchev–Trinajstić information content (AvgIpc) is 2.98. The molecular weight excluding hydrogens is 266 g/mol. The van der Waals surface area contributed by atoms with Crippen LogP contribution in [0, 0.1) is 11.8 Å². The Hall–Kier alpha value is -0.830. The summed E-state index contributed by atoms with van der Waals surface area (Å²) in [5.74, 6) is 1.09. The lowest BCUT2D eigenvalue weighted by Crippen LogP contribution is -2.27. The van der Waals surface area contributed by atoms with Gasteiger partial charge in [-0.25, -0.2) is 0 Å². The lowest BCUT2D eigenvalue weighted by atomic mass is 10.1. The maximum atomic E-state index is 11.6. The molecule has 1 amide bonds. The van der Waals surface area contributed by atoms with Gasteiger partial charge < -0.3 is 5.32 Å². The van der Waals surface area contributed by atoms with Crippen molar-refractivity contribution in [3.8, 4) is 0 Å². The van der Waals surface area contributed by atoms with Gasteiger partial charge in [-0.1, -0.05) is 41.1 Å². The predicted octanol–water partition coefficient (Wildman–Crippen LogP) is 2.76. The fraction of sp³-hybridized carbons (Fsp3) is 0.462. The first-order chi connectivity index (χ1) is 7.68. The standard InChI is InChI=1S/C13H16BrNO/c1-9-8-11(9)13(16)15-7-6-10-4-2-3-5-12(10)14/h2-5,9,11H,6-8H2,1H3,(H,15,16). The molecule has 1 aliphatic rings. The minimum Gasteiger partial charge on any atom is -0.356 e. The van der Waals surface area contributed by atoms with Crippen LogP contribution in [0.25, 0.3) is 0 Å². The third-order valence-corrected chi connectivity index (χ3v) is 3.87. The van der Waals surface area contributed by atoms with Gasteiger partial charge in [-0.15, -0.1) is 0 Å². The molecule has 16 heavy (non-hydrogen) atoms. The highest BCUT2D eigenvalue weighted by Crippen LogP contribution is 2.37. The van der Waals surface area contributed by atoms with E-state index in [4.69, 9.17) is 0 Å². The first kappa shape index (κ1) is 11.6. The Morgan fingerprint density at radius 2 is 2.19 bits per heavy atom. The number of halogens is 1. The number of hydrogen-bond donors (Lipinski definition) is 1. The molecule has 0 radical (unpaired) electrons. The number of nitrogens with one attached hydrogen (secondary N) is 1. The van der Waals surface area contributed by atoms with Gasteiger partial charge in [0.1, 0.15) is 0 Å². The van der Waals surface area contributed by atoms with Crippen molar-refractivity contribution in [3.05, 3.63) is 34.3 Å². The van der Waals surface area contributed by atoms with Gasteiger partial charge in [-0.05, 0) is 30.4 Å². The van der Waals surface area contributed by atoms with Crippen LogP contribution in [0.2, 0.25) is 0 Å². The minimum absolute atomic E-state index is 0.222. The van der Waals surface area contributed by atoms with Crippen LogP contribution in [0.5, 0.6) is 0 Å². The summed E-state index contributed by atoms with van der Waals surface area (Å²) in [5.41, 5.74) is 1.24. The maximum absolute atomic E-state index is 11.6. The molecule has 0 spiro atoms. The number of carbonyl (C=O) groups excluding carboxylic acids is 1. The van der Waals surface area contributed by atoms with Crippen LogP contribution in [0.3, 0.4) is 0 Å². The van der Waals surface area contributed by atoms with Gasteiger partial charge in [-0.3, -0.25) is 4.79 Å². The molecule has 0 heterocycles. The van der Waals surface area contributed by atoms with E-state index >= 15 is 0 Å². The molecule has 0 bridgehead atoms. The molecular formula is C13H16BrNO. The van der Waals surface area contributed by atoms with Crippen molar-refractivity contribution in [1.82, 2.24) is 5.32 Å². The Morgan fingerprint density at radius 1 is 1.50 bits per heavy atom. The van der Waals surface area contributed by atoms with E-state index in [1.165, 1.54) is 5.56 Å². The van der Waals surface area contributed by atoms with E-state index < -0.39 is 0 Å². The highest BCUT2D eigenvalue weighted by molar-refractivity contribution is 9.10. The number of amides is 1. The third-order valence-electron chi connectivity index (χ3n) is 3.10. The molecule has 3 heteroatoms. The number of hydrogen-bond acceptors (Lipinski definition) is 1. The zero-order chi connectivity index (χ0) is 11.5. The normalized spacial score (nSPS) is 22.9. The second kappa shape index (κ2) is 5.00.